The van der Waals surface area contributed by atoms with Gasteiger partial charge in [0.1, 0.15) is 0 Å². The molecule has 0 saturated carbocycles. The van der Waals surface area contributed by atoms with Crippen LogP contribution in [-0.4, -0.2) is 24.1 Å². The molecule has 2 rings (SSSR count). The molecule has 1 aromatic heterocycles. The van der Waals surface area contributed by atoms with Crippen LogP contribution >= 0.6 is 0 Å². The van der Waals surface area contributed by atoms with Gasteiger partial charge in [-0.25, -0.2) is 0 Å². The van der Waals surface area contributed by atoms with Gasteiger partial charge in [-0.05, 0) is 32.0 Å². The van der Waals surface area contributed by atoms with Gasteiger partial charge in [0.25, 0.3) is 0 Å². The third-order valence-corrected chi connectivity index (χ3v) is 3.00. The first-order valence-corrected chi connectivity index (χ1v) is 7.00. The molecule has 0 bridgehead atoms. The number of ether oxygens (including phenoxy) is 1. The Bertz CT molecular complexity index is 569. The van der Waals surface area contributed by atoms with Gasteiger partial charge in [0, 0.05) is 18.4 Å². The molecule has 4 nitrogen and oxygen atoms in total. The third kappa shape index (κ3) is 4.31. The molecule has 0 spiro atoms. The van der Waals surface area contributed by atoms with E-state index in [2.05, 4.69) is 22.4 Å². The molecule has 0 aliphatic carbocycles. The molecule has 0 radical (unpaired) electrons. The molecule has 0 aliphatic heterocycles. The molecular formula is C16H20N2O2. The summed E-state index contributed by atoms with van der Waals surface area (Å²) in [6.45, 7) is 3.77. The fourth-order valence-corrected chi connectivity index (χ4v) is 2.01. The molecule has 0 saturated heterocycles. The van der Waals surface area contributed by atoms with Crippen molar-refractivity contribution in [3.8, 4) is 0 Å². The van der Waals surface area contributed by atoms with E-state index >= 15 is 0 Å². The van der Waals surface area contributed by atoms with Gasteiger partial charge < -0.3 is 10.1 Å². The summed E-state index contributed by atoms with van der Waals surface area (Å²) >= 11 is 0. The van der Waals surface area contributed by atoms with Crippen molar-refractivity contribution in [2.24, 2.45) is 0 Å². The highest BCUT2D eigenvalue weighted by molar-refractivity contribution is 5.78. The topological polar surface area (TPSA) is 51.2 Å². The lowest BCUT2D eigenvalue weighted by atomic mass is 10.2. The molecule has 0 fully saturated rings. The zero-order chi connectivity index (χ0) is 14.2. The first-order chi connectivity index (χ1) is 9.79. The number of benzene rings is 1. The summed E-state index contributed by atoms with van der Waals surface area (Å²) in [5, 5.41) is 4.45. The second-order valence-corrected chi connectivity index (χ2v) is 4.58. The van der Waals surface area contributed by atoms with Crippen LogP contribution < -0.4 is 5.32 Å². The fraction of sp³-hybridized carbons (Fsp3) is 0.375. The second-order valence-electron chi connectivity index (χ2n) is 4.58. The number of fused-ring (bicyclic) bond motifs is 1. The van der Waals surface area contributed by atoms with E-state index in [0.29, 0.717) is 19.6 Å². The molecule has 0 amide bonds. The summed E-state index contributed by atoms with van der Waals surface area (Å²) in [6.07, 6.45) is 1.25. The van der Waals surface area contributed by atoms with Crippen molar-refractivity contribution >= 4 is 16.9 Å². The van der Waals surface area contributed by atoms with Crippen LogP contribution in [0.2, 0.25) is 0 Å². The van der Waals surface area contributed by atoms with Crippen LogP contribution in [-0.2, 0) is 16.1 Å². The van der Waals surface area contributed by atoms with Gasteiger partial charge >= 0.3 is 5.97 Å². The molecule has 20 heavy (non-hydrogen) atoms. The molecule has 4 heteroatoms. The standard InChI is InChI=1S/C16H20N2O2/c1-2-20-16(19)8-5-11-17-12-14-10-9-13-6-3-4-7-15(13)18-14/h3-4,6-7,9-10,17H,2,5,8,11-12H2,1H3. The zero-order valence-corrected chi connectivity index (χ0v) is 11.8. The van der Waals surface area contributed by atoms with Gasteiger partial charge in [-0.1, -0.05) is 24.3 Å². The number of aromatic nitrogens is 1. The first kappa shape index (κ1) is 14.5. The summed E-state index contributed by atoms with van der Waals surface area (Å²) in [5.74, 6) is -0.127. The van der Waals surface area contributed by atoms with E-state index in [1.54, 1.807) is 0 Å². The lowest BCUT2D eigenvalue weighted by molar-refractivity contribution is -0.143. The van der Waals surface area contributed by atoms with Crippen LogP contribution in [0.1, 0.15) is 25.5 Å². The highest BCUT2D eigenvalue weighted by Gasteiger charge is 2.01. The maximum absolute atomic E-state index is 11.2. The Morgan fingerprint density at radius 2 is 2.10 bits per heavy atom. The van der Waals surface area contributed by atoms with Crippen LogP contribution in [0.4, 0.5) is 0 Å². The third-order valence-electron chi connectivity index (χ3n) is 3.00. The molecular weight excluding hydrogens is 252 g/mol. The van der Waals surface area contributed by atoms with Crippen LogP contribution in [0.25, 0.3) is 10.9 Å². The minimum absolute atomic E-state index is 0.127. The van der Waals surface area contributed by atoms with E-state index in [1.807, 2.05) is 31.2 Å². The van der Waals surface area contributed by atoms with Crippen molar-refractivity contribution in [3.63, 3.8) is 0 Å². The highest BCUT2D eigenvalue weighted by atomic mass is 16.5. The lowest BCUT2D eigenvalue weighted by Crippen LogP contribution is -2.17. The smallest absolute Gasteiger partial charge is 0.305 e. The maximum atomic E-state index is 11.2. The largest absolute Gasteiger partial charge is 0.466 e. The van der Waals surface area contributed by atoms with Crippen LogP contribution in [0.5, 0.6) is 0 Å². The normalized spacial score (nSPS) is 10.7. The minimum atomic E-state index is -0.127. The van der Waals surface area contributed by atoms with E-state index in [9.17, 15) is 4.79 Å². The van der Waals surface area contributed by atoms with Crippen molar-refractivity contribution < 1.29 is 9.53 Å². The number of pyridine rings is 1. The molecule has 2 aromatic rings. The molecule has 1 heterocycles. The predicted molar refractivity (Wildman–Crippen MR) is 79.3 cm³/mol. The SMILES string of the molecule is CCOC(=O)CCCNCc1ccc2ccccc2n1. The zero-order valence-electron chi connectivity index (χ0n) is 11.8. The van der Waals surface area contributed by atoms with Gasteiger partial charge in [-0.2, -0.15) is 0 Å². The van der Waals surface area contributed by atoms with Gasteiger partial charge in [0.05, 0.1) is 17.8 Å². The van der Waals surface area contributed by atoms with Gasteiger partial charge in [0.15, 0.2) is 0 Å². The average Bonchev–Trinajstić information content (AvgIpc) is 2.47. The fourth-order valence-electron chi connectivity index (χ4n) is 2.01. The van der Waals surface area contributed by atoms with Gasteiger partial charge in [-0.3, -0.25) is 9.78 Å². The van der Waals surface area contributed by atoms with Crippen molar-refractivity contribution in [2.75, 3.05) is 13.2 Å². The minimum Gasteiger partial charge on any atom is -0.466 e. The van der Waals surface area contributed by atoms with Gasteiger partial charge in [0.2, 0.25) is 0 Å². The van der Waals surface area contributed by atoms with Crippen molar-refractivity contribution in [1.29, 1.82) is 0 Å². The average molecular weight is 272 g/mol. The van der Waals surface area contributed by atoms with Gasteiger partial charge in [-0.15, -0.1) is 0 Å². The number of nitrogens with zero attached hydrogens (tertiary/aromatic N) is 1. The number of esters is 1. The van der Waals surface area contributed by atoms with E-state index < -0.39 is 0 Å². The summed E-state index contributed by atoms with van der Waals surface area (Å²) in [7, 11) is 0. The monoisotopic (exact) mass is 272 g/mol. The summed E-state index contributed by atoms with van der Waals surface area (Å²) in [5.41, 5.74) is 2.03. The quantitative estimate of drug-likeness (QED) is 0.622. The Hall–Kier alpha value is -1.94. The van der Waals surface area contributed by atoms with Crippen molar-refractivity contribution in [3.05, 3.63) is 42.1 Å². The Balaban J connectivity index is 1.74. The summed E-state index contributed by atoms with van der Waals surface area (Å²) < 4.78 is 4.88. The van der Waals surface area contributed by atoms with E-state index in [-0.39, 0.29) is 5.97 Å². The Morgan fingerprint density at radius 1 is 1.25 bits per heavy atom. The molecule has 0 unspecified atom stereocenters. The Labute approximate surface area is 119 Å². The number of para-hydroxylation sites is 1. The van der Waals surface area contributed by atoms with Crippen LogP contribution in [0.15, 0.2) is 36.4 Å². The number of rotatable bonds is 7. The molecule has 0 atom stereocenters. The Morgan fingerprint density at radius 3 is 2.95 bits per heavy atom. The molecule has 106 valence electrons. The van der Waals surface area contributed by atoms with Crippen molar-refractivity contribution in [1.82, 2.24) is 10.3 Å². The number of hydrogen-bond acceptors (Lipinski definition) is 4. The highest BCUT2D eigenvalue weighted by Crippen LogP contribution is 2.11. The first-order valence-electron chi connectivity index (χ1n) is 7.00. The van der Waals surface area contributed by atoms with Crippen LogP contribution in [0.3, 0.4) is 0 Å². The lowest BCUT2D eigenvalue weighted by Gasteiger charge is -2.05. The predicted octanol–water partition coefficient (Wildman–Crippen LogP) is 2.67. The molecule has 0 aliphatic rings. The second kappa shape index (κ2) is 7.60. The summed E-state index contributed by atoms with van der Waals surface area (Å²) in [4.78, 5) is 15.7. The van der Waals surface area contributed by atoms with Crippen LogP contribution in [0, 0.1) is 0 Å². The number of carbonyl (C=O) groups excluding carboxylic acids is 1. The maximum Gasteiger partial charge on any atom is 0.305 e. The Kier molecular flexibility index (Phi) is 5.50. The van der Waals surface area contributed by atoms with E-state index in [4.69, 9.17) is 4.74 Å². The number of nitrogens with one attached hydrogen (secondary N) is 1. The van der Waals surface area contributed by atoms with E-state index in [1.165, 1.54) is 0 Å². The summed E-state index contributed by atoms with van der Waals surface area (Å²) in [6, 6.07) is 12.2. The molecule has 1 N–H and O–H groups in total. The van der Waals surface area contributed by atoms with E-state index in [0.717, 1.165) is 29.6 Å². The molecule has 1 aromatic carbocycles. The number of hydrogen-bond donors (Lipinski definition) is 1. The number of carbonyl (C=O) groups is 1. The van der Waals surface area contributed by atoms with Crippen molar-refractivity contribution in [2.45, 2.75) is 26.3 Å².